The molecule has 0 bridgehead atoms. The average molecular weight is 288 g/mol. The molecular weight excluding hydrogens is 268 g/mol. The lowest BCUT2D eigenvalue weighted by molar-refractivity contribution is 0.0932. The van der Waals surface area contributed by atoms with E-state index in [-0.39, 0.29) is 12.7 Å². The minimum atomic E-state index is 0.0207. The SMILES string of the molecule is Cn1cc([C@H]2OCC[C@@H]2CNc2ccc(CO)cn2)cn1. The molecule has 0 saturated carbocycles. The summed E-state index contributed by atoms with van der Waals surface area (Å²) in [6.07, 6.45) is 6.70. The zero-order chi connectivity index (χ0) is 14.7. The molecule has 0 amide bonds. The highest BCUT2D eigenvalue weighted by molar-refractivity contribution is 5.35. The summed E-state index contributed by atoms with van der Waals surface area (Å²) in [6.45, 7) is 1.61. The first kappa shape index (κ1) is 14.0. The molecule has 0 aliphatic carbocycles. The Labute approximate surface area is 123 Å². The molecule has 6 heteroatoms. The molecule has 3 heterocycles. The zero-order valence-corrected chi connectivity index (χ0v) is 12.1. The molecule has 1 aliphatic rings. The second-order valence-electron chi connectivity index (χ2n) is 5.38. The van der Waals surface area contributed by atoms with Gasteiger partial charge in [-0.05, 0) is 18.1 Å². The Morgan fingerprint density at radius 2 is 2.33 bits per heavy atom. The third-order valence-electron chi connectivity index (χ3n) is 3.82. The third kappa shape index (κ3) is 3.22. The third-order valence-corrected chi connectivity index (χ3v) is 3.82. The minimum absolute atomic E-state index is 0.0207. The summed E-state index contributed by atoms with van der Waals surface area (Å²) >= 11 is 0. The number of rotatable bonds is 5. The second-order valence-corrected chi connectivity index (χ2v) is 5.38. The first-order chi connectivity index (χ1) is 10.3. The number of ether oxygens (including phenoxy) is 1. The van der Waals surface area contributed by atoms with Gasteiger partial charge in [-0.1, -0.05) is 6.07 Å². The fourth-order valence-electron chi connectivity index (χ4n) is 2.66. The fraction of sp³-hybridized carbons (Fsp3) is 0.467. The van der Waals surface area contributed by atoms with Gasteiger partial charge in [-0.15, -0.1) is 0 Å². The molecule has 1 fully saturated rings. The van der Waals surface area contributed by atoms with Gasteiger partial charge >= 0.3 is 0 Å². The van der Waals surface area contributed by atoms with Crippen LogP contribution < -0.4 is 5.32 Å². The monoisotopic (exact) mass is 288 g/mol. The number of nitrogens with one attached hydrogen (secondary N) is 1. The lowest BCUT2D eigenvalue weighted by atomic mass is 9.97. The quantitative estimate of drug-likeness (QED) is 0.872. The highest BCUT2D eigenvalue weighted by Gasteiger charge is 2.30. The summed E-state index contributed by atoms with van der Waals surface area (Å²) < 4.78 is 7.65. The number of hydrogen-bond donors (Lipinski definition) is 2. The van der Waals surface area contributed by atoms with Crippen LogP contribution in [0.15, 0.2) is 30.7 Å². The van der Waals surface area contributed by atoms with E-state index in [4.69, 9.17) is 9.84 Å². The topological polar surface area (TPSA) is 72.2 Å². The lowest BCUT2D eigenvalue weighted by Crippen LogP contribution is -2.18. The van der Waals surface area contributed by atoms with Crippen LogP contribution in [-0.2, 0) is 18.4 Å². The predicted molar refractivity (Wildman–Crippen MR) is 78.7 cm³/mol. The van der Waals surface area contributed by atoms with Gasteiger partial charge in [-0.3, -0.25) is 4.68 Å². The van der Waals surface area contributed by atoms with Crippen molar-refractivity contribution >= 4 is 5.82 Å². The van der Waals surface area contributed by atoms with Gasteiger partial charge in [0, 0.05) is 44.1 Å². The molecule has 2 aromatic heterocycles. The van der Waals surface area contributed by atoms with Gasteiger partial charge in [-0.25, -0.2) is 4.98 Å². The van der Waals surface area contributed by atoms with Crippen LogP contribution in [0.3, 0.4) is 0 Å². The molecule has 112 valence electrons. The van der Waals surface area contributed by atoms with Crippen molar-refractivity contribution in [1.82, 2.24) is 14.8 Å². The summed E-state index contributed by atoms with van der Waals surface area (Å²) in [6, 6.07) is 3.76. The van der Waals surface area contributed by atoms with Crippen molar-refractivity contribution in [2.24, 2.45) is 13.0 Å². The standard InChI is InChI=1S/C15H20N4O2/c1-19-9-13(8-18-19)15-12(4-5-21-15)7-17-14-3-2-11(10-20)6-16-14/h2-3,6,8-9,12,15,20H,4-5,7,10H2,1H3,(H,16,17)/t12-,15+/m1/s1. The van der Waals surface area contributed by atoms with Crippen molar-refractivity contribution in [3.05, 3.63) is 41.9 Å². The predicted octanol–water partition coefficient (Wildman–Crippen LogP) is 1.50. The number of aliphatic hydroxyl groups excluding tert-OH is 1. The first-order valence-electron chi connectivity index (χ1n) is 7.16. The highest BCUT2D eigenvalue weighted by atomic mass is 16.5. The van der Waals surface area contributed by atoms with Gasteiger partial charge in [0.15, 0.2) is 0 Å². The molecule has 2 N–H and O–H groups in total. The molecule has 2 aromatic rings. The normalized spacial score (nSPS) is 21.6. The van der Waals surface area contributed by atoms with Crippen LogP contribution in [0.2, 0.25) is 0 Å². The van der Waals surface area contributed by atoms with Crippen LogP contribution in [0.4, 0.5) is 5.82 Å². The van der Waals surface area contributed by atoms with Gasteiger partial charge in [-0.2, -0.15) is 5.10 Å². The second kappa shape index (κ2) is 6.24. The summed E-state index contributed by atoms with van der Waals surface area (Å²) in [5, 5.41) is 16.6. The smallest absolute Gasteiger partial charge is 0.125 e. The molecule has 21 heavy (non-hydrogen) atoms. The van der Waals surface area contributed by atoms with E-state index < -0.39 is 0 Å². The molecule has 1 aliphatic heterocycles. The summed E-state index contributed by atoms with van der Waals surface area (Å²) in [4.78, 5) is 4.28. The summed E-state index contributed by atoms with van der Waals surface area (Å²) in [5.41, 5.74) is 1.95. The maximum absolute atomic E-state index is 9.01. The van der Waals surface area contributed by atoms with Crippen LogP contribution in [-0.4, -0.2) is 33.0 Å². The van der Waals surface area contributed by atoms with Crippen molar-refractivity contribution in [3.8, 4) is 0 Å². The van der Waals surface area contributed by atoms with Gasteiger partial charge in [0.2, 0.25) is 0 Å². The Hall–Kier alpha value is -1.92. The Balaban J connectivity index is 1.61. The van der Waals surface area contributed by atoms with Crippen LogP contribution in [0.5, 0.6) is 0 Å². The number of aryl methyl sites for hydroxylation is 1. The lowest BCUT2D eigenvalue weighted by Gasteiger charge is -2.18. The van der Waals surface area contributed by atoms with Crippen molar-refractivity contribution in [2.45, 2.75) is 19.1 Å². The summed E-state index contributed by atoms with van der Waals surface area (Å²) in [7, 11) is 1.92. The van der Waals surface area contributed by atoms with Gasteiger partial charge < -0.3 is 15.2 Å². The number of aromatic nitrogens is 3. The Morgan fingerprint density at radius 3 is 3.00 bits per heavy atom. The molecule has 0 aromatic carbocycles. The van der Waals surface area contributed by atoms with Crippen LogP contribution in [0.1, 0.15) is 23.7 Å². The molecule has 1 saturated heterocycles. The van der Waals surface area contributed by atoms with E-state index in [0.717, 1.165) is 36.5 Å². The zero-order valence-electron chi connectivity index (χ0n) is 12.1. The van der Waals surface area contributed by atoms with Crippen molar-refractivity contribution < 1.29 is 9.84 Å². The molecular formula is C15H20N4O2. The first-order valence-corrected chi connectivity index (χ1v) is 7.16. The molecule has 6 nitrogen and oxygen atoms in total. The van der Waals surface area contributed by atoms with E-state index in [9.17, 15) is 0 Å². The fourth-order valence-corrected chi connectivity index (χ4v) is 2.66. The Kier molecular flexibility index (Phi) is 4.17. The van der Waals surface area contributed by atoms with Crippen LogP contribution in [0, 0.1) is 5.92 Å². The number of pyridine rings is 1. The molecule has 0 unspecified atom stereocenters. The molecule has 3 rings (SSSR count). The van der Waals surface area contributed by atoms with Gasteiger partial charge in [0.05, 0.1) is 18.9 Å². The molecule has 0 spiro atoms. The maximum atomic E-state index is 9.01. The van der Waals surface area contributed by atoms with Crippen LogP contribution in [0.25, 0.3) is 0 Å². The van der Waals surface area contributed by atoms with Crippen LogP contribution >= 0.6 is 0 Å². The largest absolute Gasteiger partial charge is 0.392 e. The van der Waals surface area contributed by atoms with E-state index in [1.165, 1.54) is 0 Å². The van der Waals surface area contributed by atoms with Gasteiger partial charge in [0.1, 0.15) is 5.82 Å². The Morgan fingerprint density at radius 1 is 1.43 bits per heavy atom. The molecule has 2 atom stereocenters. The van der Waals surface area contributed by atoms with Crippen molar-refractivity contribution in [3.63, 3.8) is 0 Å². The molecule has 0 radical (unpaired) electrons. The summed E-state index contributed by atoms with van der Waals surface area (Å²) in [5.74, 6) is 1.23. The van der Waals surface area contributed by atoms with E-state index >= 15 is 0 Å². The van der Waals surface area contributed by atoms with E-state index in [1.54, 1.807) is 10.9 Å². The number of aliphatic hydroxyl groups is 1. The minimum Gasteiger partial charge on any atom is -0.392 e. The number of anilines is 1. The highest BCUT2D eigenvalue weighted by Crippen LogP contribution is 2.34. The van der Waals surface area contributed by atoms with Crippen molar-refractivity contribution in [2.75, 3.05) is 18.5 Å². The number of nitrogens with zero attached hydrogens (tertiary/aromatic N) is 3. The van der Waals surface area contributed by atoms with Crippen molar-refractivity contribution in [1.29, 1.82) is 0 Å². The van der Waals surface area contributed by atoms with E-state index in [0.29, 0.717) is 5.92 Å². The van der Waals surface area contributed by atoms with E-state index in [2.05, 4.69) is 15.4 Å². The Bertz CT molecular complexity index is 582. The van der Waals surface area contributed by atoms with E-state index in [1.807, 2.05) is 31.6 Å². The van der Waals surface area contributed by atoms with Gasteiger partial charge in [0.25, 0.3) is 0 Å². The number of hydrogen-bond acceptors (Lipinski definition) is 5. The maximum Gasteiger partial charge on any atom is 0.125 e. The average Bonchev–Trinajstić information content (AvgIpc) is 3.14.